The molecule has 2 aliphatic rings. The van der Waals surface area contributed by atoms with Gasteiger partial charge in [-0.2, -0.15) is 0 Å². The largest absolute Gasteiger partial charge is 0.370 e. The maximum Gasteiger partial charge on any atom is 0.246 e. The summed E-state index contributed by atoms with van der Waals surface area (Å²) in [6.45, 7) is 0.603. The van der Waals surface area contributed by atoms with Crippen LogP contribution in [0.3, 0.4) is 0 Å². The number of carbonyl (C=O) groups excluding carboxylic acids is 3. The first-order valence-corrected chi connectivity index (χ1v) is 4.99. The molecule has 0 spiro atoms. The second-order valence-corrected chi connectivity index (χ2v) is 3.92. The van der Waals surface area contributed by atoms with Gasteiger partial charge in [0.1, 0.15) is 12.1 Å². The van der Waals surface area contributed by atoms with Crippen molar-refractivity contribution in [2.24, 2.45) is 5.73 Å². The number of nitrogens with zero attached hydrogens (tertiary/aromatic N) is 1. The molecule has 0 aromatic carbocycles. The highest BCUT2D eigenvalue weighted by molar-refractivity contribution is 5.99. The Morgan fingerprint density at radius 3 is 2.93 bits per heavy atom. The van der Waals surface area contributed by atoms with E-state index in [2.05, 4.69) is 5.32 Å². The van der Waals surface area contributed by atoms with Crippen molar-refractivity contribution in [1.29, 1.82) is 0 Å². The summed E-state index contributed by atoms with van der Waals surface area (Å²) in [5, 5.41) is 2.54. The molecule has 6 nitrogen and oxygen atoms in total. The summed E-state index contributed by atoms with van der Waals surface area (Å²) < 4.78 is 0. The molecule has 0 saturated carbocycles. The normalized spacial score (nSPS) is 30.0. The molecular weight excluding hydrogens is 198 g/mol. The lowest BCUT2D eigenvalue weighted by molar-refractivity contribution is -0.148. The van der Waals surface area contributed by atoms with Gasteiger partial charge in [0.05, 0.1) is 6.42 Å². The molecule has 0 aliphatic carbocycles. The molecule has 2 atom stereocenters. The van der Waals surface area contributed by atoms with Crippen LogP contribution in [0.4, 0.5) is 0 Å². The first-order chi connectivity index (χ1) is 7.09. The fourth-order valence-electron chi connectivity index (χ4n) is 2.17. The Morgan fingerprint density at radius 1 is 1.53 bits per heavy atom. The van der Waals surface area contributed by atoms with Crippen molar-refractivity contribution in [2.75, 3.05) is 6.54 Å². The lowest BCUT2D eigenvalue weighted by Gasteiger charge is -2.34. The standard InChI is InChI=1S/C9H13N3O3/c10-7(13)4-5-9(15)12-3-1-2-6(12)8(14)11-5/h5-6H,1-4H2,(H2,10,13)(H,11,14). The van der Waals surface area contributed by atoms with Gasteiger partial charge in [-0.05, 0) is 12.8 Å². The minimum atomic E-state index is -0.760. The summed E-state index contributed by atoms with van der Waals surface area (Å²) in [5.74, 6) is -0.930. The number of nitrogens with two attached hydrogens (primary N) is 1. The Hall–Kier alpha value is -1.59. The Bertz CT molecular complexity index is 329. The lowest BCUT2D eigenvalue weighted by Crippen LogP contribution is -2.61. The van der Waals surface area contributed by atoms with E-state index >= 15 is 0 Å². The molecule has 6 heteroatoms. The van der Waals surface area contributed by atoms with E-state index in [1.54, 1.807) is 4.90 Å². The van der Waals surface area contributed by atoms with Crippen LogP contribution in [0.2, 0.25) is 0 Å². The van der Waals surface area contributed by atoms with E-state index in [1.165, 1.54) is 0 Å². The van der Waals surface area contributed by atoms with E-state index in [9.17, 15) is 14.4 Å². The van der Waals surface area contributed by atoms with Crippen LogP contribution in [0.1, 0.15) is 19.3 Å². The minimum absolute atomic E-state index is 0.117. The van der Waals surface area contributed by atoms with Crippen LogP contribution in [-0.2, 0) is 14.4 Å². The van der Waals surface area contributed by atoms with Gasteiger partial charge in [-0.15, -0.1) is 0 Å². The van der Waals surface area contributed by atoms with E-state index in [-0.39, 0.29) is 24.3 Å². The van der Waals surface area contributed by atoms with Crippen molar-refractivity contribution in [1.82, 2.24) is 10.2 Å². The number of carbonyl (C=O) groups is 3. The molecule has 2 fully saturated rings. The maximum atomic E-state index is 11.8. The molecule has 2 saturated heterocycles. The number of amides is 3. The van der Waals surface area contributed by atoms with Gasteiger partial charge >= 0.3 is 0 Å². The van der Waals surface area contributed by atoms with Crippen molar-refractivity contribution in [3.63, 3.8) is 0 Å². The van der Waals surface area contributed by atoms with Crippen LogP contribution in [0, 0.1) is 0 Å². The quantitative estimate of drug-likeness (QED) is 0.573. The molecule has 2 heterocycles. The van der Waals surface area contributed by atoms with Crippen molar-refractivity contribution < 1.29 is 14.4 Å². The molecule has 0 radical (unpaired) electrons. The zero-order chi connectivity index (χ0) is 11.0. The van der Waals surface area contributed by atoms with Crippen LogP contribution in [-0.4, -0.2) is 41.2 Å². The Labute approximate surface area is 86.8 Å². The third-order valence-corrected chi connectivity index (χ3v) is 2.86. The zero-order valence-corrected chi connectivity index (χ0v) is 8.23. The minimum Gasteiger partial charge on any atom is -0.370 e. The molecule has 82 valence electrons. The van der Waals surface area contributed by atoms with Crippen LogP contribution >= 0.6 is 0 Å². The van der Waals surface area contributed by atoms with Crippen LogP contribution in [0.15, 0.2) is 0 Å². The summed E-state index contributed by atoms with van der Waals surface area (Å²) in [6.07, 6.45) is 1.43. The molecule has 0 bridgehead atoms. The van der Waals surface area contributed by atoms with Gasteiger partial charge in [0, 0.05) is 6.54 Å². The second kappa shape index (κ2) is 3.52. The number of fused-ring (bicyclic) bond motifs is 1. The first kappa shape index (κ1) is 9.95. The number of piperazine rings is 1. The number of primary amides is 1. The maximum absolute atomic E-state index is 11.8. The Kier molecular flexibility index (Phi) is 2.34. The highest BCUT2D eigenvalue weighted by Crippen LogP contribution is 2.22. The monoisotopic (exact) mass is 211 g/mol. The smallest absolute Gasteiger partial charge is 0.246 e. The molecule has 2 rings (SSSR count). The van der Waals surface area contributed by atoms with Crippen molar-refractivity contribution in [3.05, 3.63) is 0 Å². The van der Waals surface area contributed by atoms with Gasteiger partial charge in [0.15, 0.2) is 0 Å². The predicted octanol–water partition coefficient (Wildman–Crippen LogP) is -1.65. The number of rotatable bonds is 2. The average Bonchev–Trinajstić information content (AvgIpc) is 2.61. The third-order valence-electron chi connectivity index (χ3n) is 2.86. The van der Waals surface area contributed by atoms with Gasteiger partial charge in [0.25, 0.3) is 0 Å². The fourth-order valence-corrected chi connectivity index (χ4v) is 2.17. The third kappa shape index (κ3) is 1.67. The molecule has 2 unspecified atom stereocenters. The molecule has 3 amide bonds. The average molecular weight is 211 g/mol. The molecule has 2 aliphatic heterocycles. The second-order valence-electron chi connectivity index (χ2n) is 3.92. The van der Waals surface area contributed by atoms with Gasteiger partial charge in [-0.1, -0.05) is 0 Å². The summed E-state index contributed by atoms with van der Waals surface area (Å²) in [7, 11) is 0. The Morgan fingerprint density at radius 2 is 2.27 bits per heavy atom. The van der Waals surface area contributed by atoms with Gasteiger partial charge < -0.3 is 16.0 Å². The number of nitrogens with one attached hydrogen (secondary N) is 1. The highest BCUT2D eigenvalue weighted by atomic mass is 16.2. The number of hydrogen-bond donors (Lipinski definition) is 2. The first-order valence-electron chi connectivity index (χ1n) is 4.99. The van der Waals surface area contributed by atoms with Crippen LogP contribution in [0.25, 0.3) is 0 Å². The van der Waals surface area contributed by atoms with Gasteiger partial charge in [-0.3, -0.25) is 14.4 Å². The molecule has 0 aromatic rings. The van der Waals surface area contributed by atoms with Gasteiger partial charge in [-0.25, -0.2) is 0 Å². The number of hydrogen-bond acceptors (Lipinski definition) is 3. The van der Waals surface area contributed by atoms with E-state index in [0.29, 0.717) is 13.0 Å². The SMILES string of the molecule is NC(=O)CC1NC(=O)C2CCCN2C1=O. The molecule has 15 heavy (non-hydrogen) atoms. The Balaban J connectivity index is 2.13. The van der Waals surface area contributed by atoms with Crippen LogP contribution in [0.5, 0.6) is 0 Å². The summed E-state index contributed by atoms with van der Waals surface area (Å²) >= 11 is 0. The lowest BCUT2D eigenvalue weighted by atomic mass is 10.1. The summed E-state index contributed by atoms with van der Waals surface area (Å²) in [4.78, 5) is 35.6. The van der Waals surface area contributed by atoms with Crippen molar-refractivity contribution in [2.45, 2.75) is 31.3 Å². The molecule has 3 N–H and O–H groups in total. The summed E-state index contributed by atoms with van der Waals surface area (Å²) in [5.41, 5.74) is 5.01. The van der Waals surface area contributed by atoms with Gasteiger partial charge in [0.2, 0.25) is 17.7 Å². The molecule has 0 aromatic heterocycles. The zero-order valence-electron chi connectivity index (χ0n) is 8.23. The molecular formula is C9H13N3O3. The predicted molar refractivity (Wildman–Crippen MR) is 50.5 cm³/mol. The van der Waals surface area contributed by atoms with E-state index < -0.39 is 11.9 Å². The van der Waals surface area contributed by atoms with E-state index in [1.807, 2.05) is 0 Å². The van der Waals surface area contributed by atoms with Crippen LogP contribution < -0.4 is 11.1 Å². The van der Waals surface area contributed by atoms with E-state index in [0.717, 1.165) is 6.42 Å². The fraction of sp³-hybridized carbons (Fsp3) is 0.667. The van der Waals surface area contributed by atoms with E-state index in [4.69, 9.17) is 5.73 Å². The van der Waals surface area contributed by atoms with Crippen molar-refractivity contribution >= 4 is 17.7 Å². The van der Waals surface area contributed by atoms with Crippen molar-refractivity contribution in [3.8, 4) is 0 Å². The highest BCUT2D eigenvalue weighted by Gasteiger charge is 2.43. The topological polar surface area (TPSA) is 92.5 Å². The summed E-state index contributed by atoms with van der Waals surface area (Å²) in [6, 6.07) is -1.09.